The van der Waals surface area contributed by atoms with Crippen LogP contribution in [0, 0.1) is 0 Å². The molecule has 0 unspecified atom stereocenters. The molecule has 3 heteroatoms. The van der Waals surface area contributed by atoms with Crippen LogP contribution in [-0.2, 0) is 9.47 Å². The third-order valence-corrected chi connectivity index (χ3v) is 2.32. The Labute approximate surface area is 104 Å². The van der Waals surface area contributed by atoms with Crippen LogP contribution in [0.4, 0.5) is 4.79 Å². The molecule has 0 N–H and O–H groups in total. The molecule has 0 bridgehead atoms. The van der Waals surface area contributed by atoms with E-state index >= 15 is 0 Å². The van der Waals surface area contributed by atoms with Gasteiger partial charge in [-0.1, -0.05) is 23.3 Å². The van der Waals surface area contributed by atoms with Crippen molar-refractivity contribution in [2.24, 2.45) is 0 Å². The van der Waals surface area contributed by atoms with E-state index in [-0.39, 0.29) is 0 Å². The minimum atomic E-state index is -0.603. The second kappa shape index (κ2) is 9.94. The third kappa shape index (κ3) is 11.0. The third-order valence-electron chi connectivity index (χ3n) is 2.32. The van der Waals surface area contributed by atoms with Gasteiger partial charge in [0.05, 0.1) is 13.7 Å². The normalized spacial score (nSPS) is 10.9. The van der Waals surface area contributed by atoms with Crippen LogP contribution in [0.1, 0.15) is 46.5 Å². The molecule has 17 heavy (non-hydrogen) atoms. The van der Waals surface area contributed by atoms with Crippen molar-refractivity contribution in [1.82, 2.24) is 0 Å². The highest BCUT2D eigenvalue weighted by atomic mass is 16.7. The SMILES string of the molecule is COC(=O)OCCC/C=C(\C)CCC=C(C)C. The highest BCUT2D eigenvalue weighted by Crippen LogP contribution is 2.08. The van der Waals surface area contributed by atoms with Gasteiger partial charge in [-0.05, 0) is 46.5 Å². The van der Waals surface area contributed by atoms with E-state index in [2.05, 4.69) is 37.7 Å². The molecule has 0 spiro atoms. The second-order valence-corrected chi connectivity index (χ2v) is 4.32. The average Bonchev–Trinajstić information content (AvgIpc) is 2.27. The molecule has 0 saturated carbocycles. The zero-order valence-electron chi connectivity index (χ0n) is 11.4. The van der Waals surface area contributed by atoms with Gasteiger partial charge < -0.3 is 9.47 Å². The zero-order chi connectivity index (χ0) is 13.1. The minimum Gasteiger partial charge on any atom is -0.438 e. The number of ether oxygens (including phenoxy) is 2. The summed E-state index contributed by atoms with van der Waals surface area (Å²) in [5.74, 6) is 0. The van der Waals surface area contributed by atoms with Crippen molar-refractivity contribution in [3.8, 4) is 0 Å². The van der Waals surface area contributed by atoms with Gasteiger partial charge in [-0.25, -0.2) is 4.79 Å². The van der Waals surface area contributed by atoms with Crippen molar-refractivity contribution in [3.05, 3.63) is 23.3 Å². The molecule has 0 aliphatic rings. The van der Waals surface area contributed by atoms with E-state index in [0.29, 0.717) is 6.61 Å². The topological polar surface area (TPSA) is 35.5 Å². The summed E-state index contributed by atoms with van der Waals surface area (Å²) in [6.45, 7) is 6.79. The zero-order valence-corrected chi connectivity index (χ0v) is 11.4. The van der Waals surface area contributed by atoms with Crippen molar-refractivity contribution < 1.29 is 14.3 Å². The summed E-state index contributed by atoms with van der Waals surface area (Å²) in [6, 6.07) is 0. The fraction of sp³-hybridized carbons (Fsp3) is 0.643. The lowest BCUT2D eigenvalue weighted by atomic mass is 10.1. The van der Waals surface area contributed by atoms with Gasteiger partial charge in [0.25, 0.3) is 0 Å². The predicted octanol–water partition coefficient (Wildman–Crippen LogP) is 4.24. The number of rotatable bonds is 7. The van der Waals surface area contributed by atoms with Crippen LogP contribution in [0.25, 0.3) is 0 Å². The van der Waals surface area contributed by atoms with E-state index in [0.717, 1.165) is 25.7 Å². The van der Waals surface area contributed by atoms with Crippen molar-refractivity contribution >= 4 is 6.16 Å². The molecule has 0 aliphatic heterocycles. The molecule has 0 aromatic rings. The Morgan fingerprint density at radius 1 is 1.12 bits per heavy atom. The molecule has 0 heterocycles. The Balaban J connectivity index is 3.56. The molecule has 3 nitrogen and oxygen atoms in total. The molecule has 0 amide bonds. The summed E-state index contributed by atoms with van der Waals surface area (Å²) in [5.41, 5.74) is 2.75. The lowest BCUT2D eigenvalue weighted by Crippen LogP contribution is -2.04. The molecule has 0 atom stereocenters. The van der Waals surface area contributed by atoms with E-state index in [9.17, 15) is 4.79 Å². The molecule has 0 saturated heterocycles. The van der Waals surface area contributed by atoms with Crippen molar-refractivity contribution in [1.29, 1.82) is 0 Å². The van der Waals surface area contributed by atoms with E-state index in [1.165, 1.54) is 18.3 Å². The second-order valence-electron chi connectivity index (χ2n) is 4.32. The first-order valence-corrected chi connectivity index (χ1v) is 6.06. The highest BCUT2D eigenvalue weighted by Gasteiger charge is 1.98. The number of hydrogen-bond donors (Lipinski definition) is 0. The molecule has 0 aromatic carbocycles. The van der Waals surface area contributed by atoms with Crippen LogP contribution in [0.3, 0.4) is 0 Å². The number of methoxy groups -OCH3 is 1. The molecule has 0 rings (SSSR count). The van der Waals surface area contributed by atoms with Gasteiger partial charge in [0.1, 0.15) is 0 Å². The Hall–Kier alpha value is -1.25. The van der Waals surface area contributed by atoms with Gasteiger partial charge in [-0.3, -0.25) is 0 Å². The van der Waals surface area contributed by atoms with E-state index < -0.39 is 6.16 Å². The minimum absolute atomic E-state index is 0.421. The fourth-order valence-electron chi connectivity index (χ4n) is 1.34. The summed E-state index contributed by atoms with van der Waals surface area (Å²) in [6.07, 6.45) is 7.84. The maximum atomic E-state index is 10.6. The quantitative estimate of drug-likeness (QED) is 0.379. The Morgan fingerprint density at radius 2 is 1.82 bits per heavy atom. The summed E-state index contributed by atoms with van der Waals surface area (Å²) >= 11 is 0. The summed E-state index contributed by atoms with van der Waals surface area (Å²) < 4.78 is 9.16. The number of allylic oxidation sites excluding steroid dienone is 4. The van der Waals surface area contributed by atoms with E-state index in [4.69, 9.17) is 4.74 Å². The first-order chi connectivity index (χ1) is 8.06. The standard InChI is InChI=1S/C14H24O3/c1-12(2)8-7-10-13(3)9-5-6-11-17-14(15)16-4/h8-9H,5-7,10-11H2,1-4H3/b13-9+. The Bertz CT molecular complexity index is 273. The molecule has 0 fully saturated rings. The lowest BCUT2D eigenvalue weighted by molar-refractivity contribution is 0.0721. The van der Waals surface area contributed by atoms with Crippen molar-refractivity contribution in [3.63, 3.8) is 0 Å². The fourth-order valence-corrected chi connectivity index (χ4v) is 1.34. The first-order valence-electron chi connectivity index (χ1n) is 6.06. The van der Waals surface area contributed by atoms with Gasteiger partial charge in [0.15, 0.2) is 0 Å². The molecule has 0 radical (unpaired) electrons. The lowest BCUT2D eigenvalue weighted by Gasteiger charge is -2.02. The number of unbranched alkanes of at least 4 members (excludes halogenated alkanes) is 1. The van der Waals surface area contributed by atoms with Gasteiger partial charge in [-0.2, -0.15) is 0 Å². The highest BCUT2D eigenvalue weighted by molar-refractivity contribution is 5.59. The average molecular weight is 240 g/mol. The monoisotopic (exact) mass is 240 g/mol. The van der Waals surface area contributed by atoms with Gasteiger partial charge in [-0.15, -0.1) is 0 Å². The number of carbonyl (C=O) groups is 1. The van der Waals surface area contributed by atoms with Crippen LogP contribution in [0.15, 0.2) is 23.3 Å². The summed E-state index contributed by atoms with van der Waals surface area (Å²) in [7, 11) is 1.32. The summed E-state index contributed by atoms with van der Waals surface area (Å²) in [5, 5.41) is 0. The molecular formula is C14H24O3. The van der Waals surface area contributed by atoms with Gasteiger partial charge in [0.2, 0.25) is 0 Å². The summed E-state index contributed by atoms with van der Waals surface area (Å²) in [4.78, 5) is 10.6. The van der Waals surface area contributed by atoms with E-state index in [1.807, 2.05) is 0 Å². The van der Waals surface area contributed by atoms with Gasteiger partial charge in [0, 0.05) is 0 Å². The number of hydrogen-bond acceptors (Lipinski definition) is 3. The Morgan fingerprint density at radius 3 is 2.41 bits per heavy atom. The maximum absolute atomic E-state index is 10.6. The molecular weight excluding hydrogens is 216 g/mol. The first kappa shape index (κ1) is 15.8. The Kier molecular flexibility index (Phi) is 9.21. The van der Waals surface area contributed by atoms with Crippen LogP contribution >= 0.6 is 0 Å². The van der Waals surface area contributed by atoms with Crippen LogP contribution < -0.4 is 0 Å². The van der Waals surface area contributed by atoms with Crippen LogP contribution in [0.2, 0.25) is 0 Å². The molecule has 0 aromatic heterocycles. The number of carbonyl (C=O) groups excluding carboxylic acids is 1. The van der Waals surface area contributed by atoms with Crippen LogP contribution in [0.5, 0.6) is 0 Å². The maximum Gasteiger partial charge on any atom is 0.507 e. The largest absolute Gasteiger partial charge is 0.507 e. The van der Waals surface area contributed by atoms with E-state index in [1.54, 1.807) is 0 Å². The van der Waals surface area contributed by atoms with Crippen molar-refractivity contribution in [2.45, 2.75) is 46.5 Å². The smallest absolute Gasteiger partial charge is 0.438 e. The van der Waals surface area contributed by atoms with Gasteiger partial charge >= 0.3 is 6.16 Å². The molecule has 98 valence electrons. The van der Waals surface area contributed by atoms with Crippen LogP contribution in [-0.4, -0.2) is 19.9 Å². The van der Waals surface area contributed by atoms with Crippen molar-refractivity contribution in [2.75, 3.05) is 13.7 Å². The molecule has 0 aliphatic carbocycles. The predicted molar refractivity (Wildman–Crippen MR) is 70.0 cm³/mol.